The van der Waals surface area contributed by atoms with Gasteiger partial charge in [-0.1, -0.05) is 34.4 Å². The molecule has 2 aromatic carbocycles. The molecule has 1 unspecified atom stereocenters. The van der Waals surface area contributed by atoms with Gasteiger partial charge in [0, 0.05) is 40.9 Å². The largest absolute Gasteiger partial charge is 0.387 e. The molecule has 0 spiro atoms. The molecule has 0 aromatic heterocycles. The number of benzene rings is 2. The Balaban J connectivity index is 1.43. The van der Waals surface area contributed by atoms with Crippen LogP contribution in [0.3, 0.4) is 0 Å². The van der Waals surface area contributed by atoms with Crippen molar-refractivity contribution in [1.82, 2.24) is 5.32 Å². The van der Waals surface area contributed by atoms with E-state index in [2.05, 4.69) is 10.5 Å². The standard InChI is InChI=1S/C21H18Cl2F2N2O2/c1-11-4-12(2-3-17(11)20(28)26-16-9-21(24,25)10-16)18-8-19(29-27-18)13-5-14(22)7-15(23)6-13/h2-7,16,19H,8-10H2,1H3,(H,26,28). The summed E-state index contributed by atoms with van der Waals surface area (Å²) in [7, 11) is 0. The first-order valence-electron chi connectivity index (χ1n) is 9.18. The van der Waals surface area contributed by atoms with Gasteiger partial charge in [-0.15, -0.1) is 0 Å². The molecule has 1 heterocycles. The van der Waals surface area contributed by atoms with Gasteiger partial charge in [-0.2, -0.15) is 0 Å². The highest BCUT2D eigenvalue weighted by atomic mass is 35.5. The third kappa shape index (κ3) is 4.38. The van der Waals surface area contributed by atoms with Gasteiger partial charge < -0.3 is 10.2 Å². The van der Waals surface area contributed by atoms with Gasteiger partial charge in [0.25, 0.3) is 11.8 Å². The van der Waals surface area contributed by atoms with E-state index in [1.807, 2.05) is 6.07 Å². The van der Waals surface area contributed by atoms with E-state index in [0.717, 1.165) is 22.4 Å². The highest BCUT2D eigenvalue weighted by molar-refractivity contribution is 6.34. The lowest BCUT2D eigenvalue weighted by Crippen LogP contribution is -2.50. The van der Waals surface area contributed by atoms with Crippen molar-refractivity contribution in [3.8, 4) is 0 Å². The number of nitrogens with zero attached hydrogens (tertiary/aromatic N) is 1. The number of hydrogen-bond donors (Lipinski definition) is 1. The van der Waals surface area contributed by atoms with Crippen LogP contribution in [-0.4, -0.2) is 23.6 Å². The molecule has 1 aliphatic heterocycles. The Kier molecular flexibility index (Phi) is 5.25. The van der Waals surface area contributed by atoms with E-state index in [0.29, 0.717) is 22.0 Å². The van der Waals surface area contributed by atoms with Crippen LogP contribution < -0.4 is 5.32 Å². The number of rotatable bonds is 4. The average Bonchev–Trinajstić information content (AvgIpc) is 3.09. The minimum absolute atomic E-state index is 0.287. The van der Waals surface area contributed by atoms with Gasteiger partial charge in [0.05, 0.1) is 5.71 Å². The van der Waals surface area contributed by atoms with Crippen molar-refractivity contribution >= 4 is 34.8 Å². The van der Waals surface area contributed by atoms with E-state index in [-0.39, 0.29) is 24.9 Å². The normalized spacial score (nSPS) is 20.6. The zero-order valence-corrected chi connectivity index (χ0v) is 17.0. The van der Waals surface area contributed by atoms with Crippen LogP contribution in [0, 0.1) is 6.92 Å². The summed E-state index contributed by atoms with van der Waals surface area (Å²) in [5.74, 6) is -3.01. The maximum atomic E-state index is 13.0. The third-order valence-electron chi connectivity index (χ3n) is 5.16. The Bertz CT molecular complexity index is 982. The Hall–Kier alpha value is -2.18. The molecular formula is C21H18Cl2F2N2O2. The zero-order valence-electron chi connectivity index (χ0n) is 15.5. The van der Waals surface area contributed by atoms with Crippen molar-refractivity contribution in [1.29, 1.82) is 0 Å². The highest BCUT2D eigenvalue weighted by Crippen LogP contribution is 2.37. The molecule has 4 rings (SSSR count). The lowest BCUT2D eigenvalue weighted by molar-refractivity contribution is -0.0901. The number of alkyl halides is 2. The van der Waals surface area contributed by atoms with Crippen LogP contribution in [0.4, 0.5) is 8.78 Å². The lowest BCUT2D eigenvalue weighted by atomic mass is 9.88. The quantitative estimate of drug-likeness (QED) is 0.665. The van der Waals surface area contributed by atoms with Crippen LogP contribution in [0.5, 0.6) is 0 Å². The molecule has 1 fully saturated rings. The van der Waals surface area contributed by atoms with Crippen molar-refractivity contribution in [3.05, 3.63) is 68.7 Å². The first kappa shape index (κ1) is 20.1. The molecule has 152 valence electrons. The van der Waals surface area contributed by atoms with Crippen molar-refractivity contribution in [2.45, 2.75) is 44.3 Å². The second kappa shape index (κ2) is 7.58. The van der Waals surface area contributed by atoms with E-state index in [4.69, 9.17) is 28.0 Å². The molecule has 0 saturated heterocycles. The monoisotopic (exact) mass is 438 g/mol. The summed E-state index contributed by atoms with van der Waals surface area (Å²) in [4.78, 5) is 17.9. The Morgan fingerprint density at radius 1 is 1.17 bits per heavy atom. The predicted octanol–water partition coefficient (Wildman–Crippen LogP) is 5.70. The molecular weight excluding hydrogens is 421 g/mol. The summed E-state index contributed by atoms with van der Waals surface area (Å²) in [6.07, 6.45) is -0.360. The molecule has 1 atom stereocenters. The van der Waals surface area contributed by atoms with Crippen LogP contribution in [0.15, 0.2) is 41.6 Å². The number of nitrogens with one attached hydrogen (secondary N) is 1. The van der Waals surface area contributed by atoms with Crippen LogP contribution in [-0.2, 0) is 4.84 Å². The molecule has 0 bridgehead atoms. The fourth-order valence-electron chi connectivity index (χ4n) is 3.61. The number of amides is 1. The first-order valence-corrected chi connectivity index (χ1v) is 9.94. The first-order chi connectivity index (χ1) is 13.7. The molecule has 29 heavy (non-hydrogen) atoms. The summed E-state index contributed by atoms with van der Waals surface area (Å²) in [6.45, 7) is 1.80. The SMILES string of the molecule is Cc1cc(C2=NOC(c3cc(Cl)cc(Cl)c3)C2)ccc1C(=O)NC1CC(F)(F)C1. The van der Waals surface area contributed by atoms with Crippen molar-refractivity contribution in [2.24, 2.45) is 5.16 Å². The van der Waals surface area contributed by atoms with Gasteiger partial charge in [0.1, 0.15) is 0 Å². The second-order valence-corrected chi connectivity index (χ2v) is 8.38. The van der Waals surface area contributed by atoms with E-state index >= 15 is 0 Å². The fourth-order valence-corrected chi connectivity index (χ4v) is 4.15. The molecule has 4 nitrogen and oxygen atoms in total. The smallest absolute Gasteiger partial charge is 0.252 e. The summed E-state index contributed by atoms with van der Waals surface area (Å²) < 4.78 is 25.9. The van der Waals surface area contributed by atoms with E-state index in [1.54, 1.807) is 37.3 Å². The molecule has 0 radical (unpaired) electrons. The number of carbonyl (C=O) groups is 1. The molecule has 1 amide bonds. The Labute approximate surface area is 176 Å². The van der Waals surface area contributed by atoms with E-state index in [9.17, 15) is 13.6 Å². The van der Waals surface area contributed by atoms with Gasteiger partial charge >= 0.3 is 0 Å². The number of aryl methyl sites for hydroxylation is 1. The summed E-state index contributed by atoms with van der Waals surface area (Å²) >= 11 is 12.1. The maximum Gasteiger partial charge on any atom is 0.252 e. The van der Waals surface area contributed by atoms with Gasteiger partial charge in [0.15, 0.2) is 6.10 Å². The Morgan fingerprint density at radius 2 is 1.86 bits per heavy atom. The Morgan fingerprint density at radius 3 is 2.48 bits per heavy atom. The van der Waals surface area contributed by atoms with Gasteiger partial charge in [-0.3, -0.25) is 4.79 Å². The third-order valence-corrected chi connectivity index (χ3v) is 5.59. The van der Waals surface area contributed by atoms with E-state index < -0.39 is 12.0 Å². The summed E-state index contributed by atoms with van der Waals surface area (Å²) in [5, 5.41) is 7.89. The topological polar surface area (TPSA) is 50.7 Å². The lowest BCUT2D eigenvalue weighted by Gasteiger charge is -2.35. The summed E-state index contributed by atoms with van der Waals surface area (Å²) in [5.41, 5.74) is 3.63. The minimum Gasteiger partial charge on any atom is -0.387 e. The predicted molar refractivity (Wildman–Crippen MR) is 108 cm³/mol. The molecule has 1 N–H and O–H groups in total. The number of oxime groups is 1. The maximum absolute atomic E-state index is 13.0. The van der Waals surface area contributed by atoms with Gasteiger partial charge in [0.2, 0.25) is 0 Å². The highest BCUT2D eigenvalue weighted by Gasteiger charge is 2.46. The number of carbonyl (C=O) groups excluding carboxylic acids is 1. The minimum atomic E-state index is -2.67. The van der Waals surface area contributed by atoms with Crippen LogP contribution in [0.2, 0.25) is 10.0 Å². The average molecular weight is 439 g/mol. The molecule has 1 saturated carbocycles. The number of halogens is 4. The van der Waals surface area contributed by atoms with Crippen LogP contribution >= 0.6 is 23.2 Å². The van der Waals surface area contributed by atoms with Gasteiger partial charge in [-0.05, 0) is 53.9 Å². The molecule has 1 aliphatic carbocycles. The summed E-state index contributed by atoms with van der Waals surface area (Å²) in [6, 6.07) is 10.1. The van der Waals surface area contributed by atoms with Crippen LogP contribution in [0.25, 0.3) is 0 Å². The molecule has 2 aromatic rings. The van der Waals surface area contributed by atoms with E-state index in [1.165, 1.54) is 0 Å². The zero-order chi connectivity index (χ0) is 20.8. The van der Waals surface area contributed by atoms with Crippen molar-refractivity contribution in [3.63, 3.8) is 0 Å². The van der Waals surface area contributed by atoms with Crippen molar-refractivity contribution < 1.29 is 18.4 Å². The molecule has 2 aliphatic rings. The number of hydrogen-bond acceptors (Lipinski definition) is 3. The fraction of sp³-hybridized carbons (Fsp3) is 0.333. The van der Waals surface area contributed by atoms with Crippen molar-refractivity contribution in [2.75, 3.05) is 0 Å². The second-order valence-electron chi connectivity index (χ2n) is 7.50. The van der Waals surface area contributed by atoms with Gasteiger partial charge in [-0.25, -0.2) is 8.78 Å². The molecule has 8 heteroatoms. The van der Waals surface area contributed by atoms with Crippen LogP contribution in [0.1, 0.15) is 52.4 Å².